The molecule has 0 aliphatic carbocycles. The van der Waals surface area contributed by atoms with E-state index in [0.717, 1.165) is 0 Å². The fourth-order valence-corrected chi connectivity index (χ4v) is 1.47. The van der Waals surface area contributed by atoms with E-state index in [4.69, 9.17) is 11.0 Å². The Hall–Kier alpha value is -1.61. The summed E-state index contributed by atoms with van der Waals surface area (Å²) in [7, 11) is 0. The highest BCUT2D eigenvalue weighted by Gasteiger charge is 2.24. The first kappa shape index (κ1) is 16.4. The fourth-order valence-electron chi connectivity index (χ4n) is 1.47. The van der Waals surface area contributed by atoms with Gasteiger partial charge in [0, 0.05) is 5.92 Å². The number of carbonyl (C=O) groups is 2. The Labute approximate surface area is 107 Å². The van der Waals surface area contributed by atoms with Gasteiger partial charge in [0.15, 0.2) is 0 Å². The lowest BCUT2D eigenvalue weighted by Crippen LogP contribution is -2.48. The molecule has 4 N–H and O–H groups in total. The van der Waals surface area contributed by atoms with Gasteiger partial charge in [0.05, 0.1) is 6.07 Å². The van der Waals surface area contributed by atoms with Gasteiger partial charge in [-0.05, 0) is 25.7 Å². The second-order valence-corrected chi connectivity index (χ2v) is 4.87. The molecular formula is C12H21N3O3. The molecular weight excluding hydrogens is 234 g/mol. The van der Waals surface area contributed by atoms with Crippen LogP contribution in [-0.2, 0) is 9.59 Å². The largest absolute Gasteiger partial charge is 0.383 e. The Bertz CT molecular complexity index is 336. The second kappa shape index (κ2) is 7.67. The zero-order valence-electron chi connectivity index (χ0n) is 11.0. The average Bonchev–Trinajstić information content (AvgIpc) is 2.26. The standard InChI is InChI=1S/C12H21N3O3/c1-7(2)4-10(16)12(18)15-9(11(14)17)5-8(3)6-13/h7-10,16H,4-5H2,1-3H3,(H2,14,17)(H,15,18)/t8-,9+,10-/m0/s1. The summed E-state index contributed by atoms with van der Waals surface area (Å²) >= 11 is 0. The molecule has 0 heterocycles. The smallest absolute Gasteiger partial charge is 0.249 e. The molecule has 0 saturated heterocycles. The molecule has 18 heavy (non-hydrogen) atoms. The Morgan fingerprint density at radius 1 is 1.33 bits per heavy atom. The minimum atomic E-state index is -1.16. The van der Waals surface area contributed by atoms with Crippen LogP contribution in [-0.4, -0.2) is 29.1 Å². The summed E-state index contributed by atoms with van der Waals surface area (Å²) in [6, 6.07) is 1.04. The van der Waals surface area contributed by atoms with Crippen molar-refractivity contribution in [3.63, 3.8) is 0 Å². The van der Waals surface area contributed by atoms with Gasteiger partial charge in [-0.2, -0.15) is 5.26 Å². The van der Waals surface area contributed by atoms with Gasteiger partial charge >= 0.3 is 0 Å². The summed E-state index contributed by atoms with van der Waals surface area (Å²) in [5.41, 5.74) is 5.14. The zero-order valence-corrected chi connectivity index (χ0v) is 11.0. The molecule has 0 aromatic rings. The molecule has 0 rings (SSSR count). The number of primary amides is 1. The molecule has 0 radical (unpaired) electrons. The number of nitriles is 1. The van der Waals surface area contributed by atoms with Crippen LogP contribution in [0, 0.1) is 23.2 Å². The van der Waals surface area contributed by atoms with Crippen LogP contribution < -0.4 is 11.1 Å². The van der Waals surface area contributed by atoms with E-state index in [1.54, 1.807) is 6.92 Å². The maximum atomic E-state index is 11.6. The SMILES string of the molecule is CC(C)C[C@H](O)C(=O)N[C@H](C[C@H](C)C#N)C(N)=O. The number of carbonyl (C=O) groups excluding carboxylic acids is 2. The third-order valence-electron chi connectivity index (χ3n) is 2.47. The quantitative estimate of drug-likeness (QED) is 0.589. The number of aliphatic hydroxyl groups is 1. The second-order valence-electron chi connectivity index (χ2n) is 4.87. The number of nitrogens with one attached hydrogen (secondary N) is 1. The topological polar surface area (TPSA) is 116 Å². The number of hydrogen-bond donors (Lipinski definition) is 3. The lowest BCUT2D eigenvalue weighted by Gasteiger charge is -2.19. The predicted octanol–water partition coefficient (Wildman–Crippen LogP) is -0.0867. The van der Waals surface area contributed by atoms with Crippen molar-refractivity contribution in [3.8, 4) is 6.07 Å². The summed E-state index contributed by atoms with van der Waals surface area (Å²) in [6.45, 7) is 5.38. The Kier molecular flexibility index (Phi) is 6.98. The van der Waals surface area contributed by atoms with Gasteiger partial charge < -0.3 is 16.2 Å². The van der Waals surface area contributed by atoms with Gasteiger partial charge in [-0.3, -0.25) is 9.59 Å². The van der Waals surface area contributed by atoms with Gasteiger partial charge in [-0.1, -0.05) is 13.8 Å². The molecule has 102 valence electrons. The molecule has 3 atom stereocenters. The van der Waals surface area contributed by atoms with Crippen LogP contribution in [0.5, 0.6) is 0 Å². The van der Waals surface area contributed by atoms with Crippen molar-refractivity contribution >= 4 is 11.8 Å². The van der Waals surface area contributed by atoms with E-state index in [0.29, 0.717) is 6.42 Å². The normalized spacial score (nSPS) is 15.6. The highest BCUT2D eigenvalue weighted by Crippen LogP contribution is 2.07. The summed E-state index contributed by atoms with van der Waals surface area (Å²) in [4.78, 5) is 22.8. The average molecular weight is 255 g/mol. The van der Waals surface area contributed by atoms with Gasteiger partial charge in [0.2, 0.25) is 11.8 Å². The molecule has 6 heteroatoms. The number of aliphatic hydroxyl groups excluding tert-OH is 1. The van der Waals surface area contributed by atoms with E-state index in [-0.39, 0.29) is 12.3 Å². The van der Waals surface area contributed by atoms with Gasteiger partial charge in [0.25, 0.3) is 0 Å². The lowest BCUT2D eigenvalue weighted by molar-refractivity contribution is -0.134. The van der Waals surface area contributed by atoms with Gasteiger partial charge in [-0.15, -0.1) is 0 Å². The van der Waals surface area contributed by atoms with Crippen molar-refractivity contribution in [2.75, 3.05) is 0 Å². The Balaban J connectivity index is 4.46. The molecule has 0 saturated carbocycles. The Morgan fingerprint density at radius 3 is 2.28 bits per heavy atom. The molecule has 0 unspecified atom stereocenters. The van der Waals surface area contributed by atoms with Crippen molar-refractivity contribution in [2.45, 2.75) is 45.8 Å². The van der Waals surface area contributed by atoms with E-state index in [1.807, 2.05) is 19.9 Å². The van der Waals surface area contributed by atoms with E-state index in [1.165, 1.54) is 0 Å². The fraction of sp³-hybridized carbons (Fsp3) is 0.750. The monoisotopic (exact) mass is 255 g/mol. The first-order valence-electron chi connectivity index (χ1n) is 5.95. The van der Waals surface area contributed by atoms with Gasteiger partial charge in [-0.25, -0.2) is 0 Å². The molecule has 0 aromatic heterocycles. The van der Waals surface area contributed by atoms with Crippen LogP contribution in [0.25, 0.3) is 0 Å². The summed E-state index contributed by atoms with van der Waals surface area (Å²) in [6.07, 6.45) is -0.707. The lowest BCUT2D eigenvalue weighted by atomic mass is 10.0. The highest BCUT2D eigenvalue weighted by atomic mass is 16.3. The number of nitrogens with zero attached hydrogens (tertiary/aromatic N) is 1. The molecule has 0 aliphatic heterocycles. The molecule has 0 aromatic carbocycles. The van der Waals surface area contributed by atoms with Gasteiger partial charge in [0.1, 0.15) is 12.1 Å². The van der Waals surface area contributed by atoms with Crippen molar-refractivity contribution in [1.82, 2.24) is 5.32 Å². The minimum Gasteiger partial charge on any atom is -0.383 e. The third-order valence-corrected chi connectivity index (χ3v) is 2.47. The summed E-state index contributed by atoms with van der Waals surface area (Å²) in [5, 5.41) is 20.6. The van der Waals surface area contributed by atoms with Crippen molar-refractivity contribution in [2.24, 2.45) is 17.6 Å². The van der Waals surface area contributed by atoms with Crippen molar-refractivity contribution in [3.05, 3.63) is 0 Å². The van der Waals surface area contributed by atoms with Crippen molar-refractivity contribution in [1.29, 1.82) is 5.26 Å². The summed E-state index contributed by atoms with van der Waals surface area (Å²) in [5.74, 6) is -1.57. The van der Waals surface area contributed by atoms with Crippen LogP contribution in [0.1, 0.15) is 33.6 Å². The van der Waals surface area contributed by atoms with Crippen LogP contribution in [0.15, 0.2) is 0 Å². The zero-order chi connectivity index (χ0) is 14.3. The maximum absolute atomic E-state index is 11.6. The first-order chi connectivity index (χ1) is 8.27. The number of nitrogens with two attached hydrogens (primary N) is 1. The molecule has 6 nitrogen and oxygen atoms in total. The molecule has 2 amide bonds. The minimum absolute atomic E-state index is 0.145. The van der Waals surface area contributed by atoms with E-state index < -0.39 is 29.9 Å². The molecule has 0 fully saturated rings. The maximum Gasteiger partial charge on any atom is 0.249 e. The van der Waals surface area contributed by atoms with Crippen LogP contribution >= 0.6 is 0 Å². The van der Waals surface area contributed by atoms with Crippen LogP contribution in [0.3, 0.4) is 0 Å². The first-order valence-corrected chi connectivity index (χ1v) is 5.95. The molecule has 0 spiro atoms. The Morgan fingerprint density at radius 2 is 1.89 bits per heavy atom. The highest BCUT2D eigenvalue weighted by molar-refractivity contribution is 5.88. The van der Waals surface area contributed by atoms with E-state index in [9.17, 15) is 14.7 Å². The number of hydrogen-bond acceptors (Lipinski definition) is 4. The molecule has 0 bridgehead atoms. The van der Waals surface area contributed by atoms with Crippen LogP contribution in [0.4, 0.5) is 0 Å². The third kappa shape index (κ3) is 6.21. The van der Waals surface area contributed by atoms with Crippen LogP contribution in [0.2, 0.25) is 0 Å². The number of rotatable bonds is 7. The number of amides is 2. The molecule has 0 aliphatic rings. The van der Waals surface area contributed by atoms with E-state index >= 15 is 0 Å². The summed E-state index contributed by atoms with van der Waals surface area (Å²) < 4.78 is 0. The van der Waals surface area contributed by atoms with Crippen molar-refractivity contribution < 1.29 is 14.7 Å². The predicted molar refractivity (Wildman–Crippen MR) is 66.0 cm³/mol. The van der Waals surface area contributed by atoms with E-state index in [2.05, 4.69) is 5.32 Å².